The van der Waals surface area contributed by atoms with Gasteiger partial charge in [0.25, 0.3) is 0 Å². The quantitative estimate of drug-likeness (QED) is 0.800. The fraction of sp³-hybridized carbons (Fsp3) is 0.286. The number of anilines is 1. The van der Waals surface area contributed by atoms with Crippen LogP contribution in [-0.4, -0.2) is 33.7 Å². The summed E-state index contributed by atoms with van der Waals surface area (Å²) in [5.74, 6) is -0.905. The summed E-state index contributed by atoms with van der Waals surface area (Å²) in [7, 11) is 1.90. The Hall–Kier alpha value is -1.95. The Bertz CT molecular complexity index is 610. The van der Waals surface area contributed by atoms with Gasteiger partial charge in [-0.2, -0.15) is 5.10 Å². The SMILES string of the molecule is CSc1cccc(NCCc2ccnn2C)c1C(=O)O. The molecular weight excluding hydrogens is 274 g/mol. The topological polar surface area (TPSA) is 67.2 Å². The summed E-state index contributed by atoms with van der Waals surface area (Å²) >= 11 is 1.44. The van der Waals surface area contributed by atoms with Gasteiger partial charge in [0.15, 0.2) is 0 Å². The van der Waals surface area contributed by atoms with E-state index in [1.807, 2.05) is 36.2 Å². The monoisotopic (exact) mass is 291 g/mol. The van der Waals surface area contributed by atoms with E-state index in [9.17, 15) is 9.90 Å². The minimum Gasteiger partial charge on any atom is -0.478 e. The summed E-state index contributed by atoms with van der Waals surface area (Å²) in [5.41, 5.74) is 2.10. The minimum atomic E-state index is -0.905. The highest BCUT2D eigenvalue weighted by Gasteiger charge is 2.14. The Kier molecular flexibility index (Phi) is 4.68. The van der Waals surface area contributed by atoms with Crippen LogP contribution in [-0.2, 0) is 13.5 Å². The van der Waals surface area contributed by atoms with Crippen molar-refractivity contribution in [3.63, 3.8) is 0 Å². The standard InChI is InChI=1S/C14H17N3O2S/c1-17-10(7-9-16-17)6-8-15-11-4-3-5-12(20-2)13(11)14(18)19/h3-5,7,9,15H,6,8H2,1-2H3,(H,18,19). The zero-order valence-electron chi connectivity index (χ0n) is 11.5. The first kappa shape index (κ1) is 14.5. The van der Waals surface area contributed by atoms with Gasteiger partial charge in [-0.25, -0.2) is 4.79 Å². The Labute approximate surface area is 122 Å². The zero-order valence-corrected chi connectivity index (χ0v) is 12.3. The lowest BCUT2D eigenvalue weighted by Gasteiger charge is -2.12. The first-order valence-corrected chi connectivity index (χ1v) is 7.47. The molecule has 20 heavy (non-hydrogen) atoms. The van der Waals surface area contributed by atoms with Crippen molar-refractivity contribution in [1.29, 1.82) is 0 Å². The molecule has 2 aromatic rings. The van der Waals surface area contributed by atoms with Crippen LogP contribution in [0.4, 0.5) is 5.69 Å². The molecule has 1 heterocycles. The average molecular weight is 291 g/mol. The average Bonchev–Trinajstić information content (AvgIpc) is 2.84. The second-order valence-electron chi connectivity index (χ2n) is 4.31. The molecule has 0 radical (unpaired) electrons. The molecule has 5 nitrogen and oxygen atoms in total. The molecule has 1 aromatic heterocycles. The molecule has 0 atom stereocenters. The molecule has 0 aliphatic rings. The molecule has 0 amide bonds. The van der Waals surface area contributed by atoms with E-state index >= 15 is 0 Å². The number of rotatable bonds is 6. The minimum absolute atomic E-state index is 0.338. The van der Waals surface area contributed by atoms with Crippen LogP contribution in [0.15, 0.2) is 35.4 Å². The molecule has 0 fully saturated rings. The van der Waals surface area contributed by atoms with Crippen molar-refractivity contribution >= 4 is 23.4 Å². The maximum atomic E-state index is 11.4. The van der Waals surface area contributed by atoms with Crippen molar-refractivity contribution in [3.8, 4) is 0 Å². The van der Waals surface area contributed by atoms with Gasteiger partial charge in [-0.3, -0.25) is 4.68 Å². The highest BCUT2D eigenvalue weighted by atomic mass is 32.2. The number of carboxylic acids is 1. The van der Waals surface area contributed by atoms with Gasteiger partial charge in [0.1, 0.15) is 0 Å². The van der Waals surface area contributed by atoms with Crippen LogP contribution in [0.3, 0.4) is 0 Å². The van der Waals surface area contributed by atoms with E-state index in [0.29, 0.717) is 17.8 Å². The number of nitrogens with one attached hydrogen (secondary N) is 1. The number of benzene rings is 1. The number of carbonyl (C=O) groups is 1. The van der Waals surface area contributed by atoms with Crippen LogP contribution >= 0.6 is 11.8 Å². The summed E-state index contributed by atoms with van der Waals surface area (Å²) in [6.45, 7) is 0.664. The summed E-state index contributed by atoms with van der Waals surface area (Å²) in [5, 5.41) is 16.6. The van der Waals surface area contributed by atoms with Crippen LogP contribution in [0.2, 0.25) is 0 Å². The smallest absolute Gasteiger partial charge is 0.338 e. The Morgan fingerprint density at radius 3 is 2.85 bits per heavy atom. The highest BCUT2D eigenvalue weighted by Crippen LogP contribution is 2.27. The first-order chi connectivity index (χ1) is 9.63. The van der Waals surface area contributed by atoms with E-state index in [4.69, 9.17) is 0 Å². The van der Waals surface area contributed by atoms with Crippen molar-refractivity contribution in [2.24, 2.45) is 7.05 Å². The van der Waals surface area contributed by atoms with Gasteiger partial charge < -0.3 is 10.4 Å². The van der Waals surface area contributed by atoms with Crippen LogP contribution in [0.25, 0.3) is 0 Å². The lowest BCUT2D eigenvalue weighted by molar-refractivity contribution is 0.0694. The summed E-state index contributed by atoms with van der Waals surface area (Å²) < 4.78 is 1.82. The Morgan fingerprint density at radius 2 is 2.25 bits per heavy atom. The van der Waals surface area contributed by atoms with Crippen LogP contribution in [0.5, 0.6) is 0 Å². The molecular formula is C14H17N3O2S. The van der Waals surface area contributed by atoms with E-state index in [1.54, 1.807) is 12.3 Å². The van der Waals surface area contributed by atoms with Crippen molar-refractivity contribution in [2.45, 2.75) is 11.3 Å². The van der Waals surface area contributed by atoms with Gasteiger partial charge in [0.2, 0.25) is 0 Å². The highest BCUT2D eigenvalue weighted by molar-refractivity contribution is 7.98. The number of hydrogen-bond acceptors (Lipinski definition) is 4. The summed E-state index contributed by atoms with van der Waals surface area (Å²) in [6.07, 6.45) is 4.42. The van der Waals surface area contributed by atoms with E-state index in [2.05, 4.69) is 10.4 Å². The molecule has 0 saturated heterocycles. The van der Waals surface area contributed by atoms with Gasteiger partial charge in [-0.05, 0) is 24.5 Å². The third kappa shape index (κ3) is 3.14. The lowest BCUT2D eigenvalue weighted by Crippen LogP contribution is -2.12. The number of hydrogen-bond donors (Lipinski definition) is 2. The fourth-order valence-electron chi connectivity index (χ4n) is 2.04. The lowest BCUT2D eigenvalue weighted by atomic mass is 10.1. The molecule has 0 bridgehead atoms. The Morgan fingerprint density at radius 1 is 1.45 bits per heavy atom. The summed E-state index contributed by atoms with van der Waals surface area (Å²) in [6, 6.07) is 7.44. The van der Waals surface area contributed by atoms with E-state index in [0.717, 1.165) is 17.0 Å². The summed E-state index contributed by atoms with van der Waals surface area (Å²) in [4.78, 5) is 12.1. The van der Waals surface area contributed by atoms with Gasteiger partial charge in [-0.1, -0.05) is 6.07 Å². The maximum Gasteiger partial charge on any atom is 0.338 e. The molecule has 0 spiro atoms. The molecule has 0 aliphatic heterocycles. The predicted molar refractivity (Wildman–Crippen MR) is 80.6 cm³/mol. The van der Waals surface area contributed by atoms with Gasteiger partial charge in [-0.15, -0.1) is 11.8 Å². The second kappa shape index (κ2) is 6.47. The van der Waals surface area contributed by atoms with Gasteiger partial charge in [0.05, 0.1) is 5.56 Å². The van der Waals surface area contributed by atoms with Gasteiger partial charge >= 0.3 is 5.97 Å². The van der Waals surface area contributed by atoms with Crippen LogP contribution in [0, 0.1) is 0 Å². The largest absolute Gasteiger partial charge is 0.478 e. The van der Waals surface area contributed by atoms with Crippen molar-refractivity contribution in [1.82, 2.24) is 9.78 Å². The van der Waals surface area contributed by atoms with Crippen molar-refractivity contribution in [2.75, 3.05) is 18.1 Å². The Balaban J connectivity index is 2.09. The number of aryl methyl sites for hydroxylation is 1. The molecule has 0 aliphatic carbocycles. The molecule has 6 heteroatoms. The number of carboxylic acid groups (broad SMARTS) is 1. The van der Waals surface area contributed by atoms with Crippen LogP contribution in [0.1, 0.15) is 16.1 Å². The number of aromatic nitrogens is 2. The second-order valence-corrected chi connectivity index (χ2v) is 5.16. The molecule has 0 saturated carbocycles. The van der Waals surface area contributed by atoms with Crippen molar-refractivity contribution < 1.29 is 9.90 Å². The molecule has 106 valence electrons. The number of nitrogens with zero attached hydrogens (tertiary/aromatic N) is 2. The molecule has 1 aromatic carbocycles. The normalized spacial score (nSPS) is 10.5. The number of aromatic carboxylic acids is 1. The van der Waals surface area contributed by atoms with E-state index < -0.39 is 5.97 Å². The maximum absolute atomic E-state index is 11.4. The van der Waals surface area contributed by atoms with Crippen LogP contribution < -0.4 is 5.32 Å². The molecule has 2 N–H and O–H groups in total. The molecule has 2 rings (SSSR count). The van der Waals surface area contributed by atoms with E-state index in [1.165, 1.54) is 11.8 Å². The zero-order chi connectivity index (χ0) is 14.5. The number of thioether (sulfide) groups is 1. The molecule has 0 unspecified atom stereocenters. The van der Waals surface area contributed by atoms with E-state index in [-0.39, 0.29) is 0 Å². The van der Waals surface area contributed by atoms with Crippen molar-refractivity contribution in [3.05, 3.63) is 41.7 Å². The fourth-order valence-corrected chi connectivity index (χ4v) is 2.66. The third-order valence-corrected chi connectivity index (χ3v) is 3.86. The third-order valence-electron chi connectivity index (χ3n) is 3.08. The predicted octanol–water partition coefficient (Wildman–Crippen LogP) is 2.49. The first-order valence-electron chi connectivity index (χ1n) is 6.24. The van der Waals surface area contributed by atoms with Gasteiger partial charge in [0, 0.05) is 42.5 Å².